The molecule has 2 aromatic rings. The fourth-order valence-corrected chi connectivity index (χ4v) is 3.64. The van der Waals surface area contributed by atoms with Crippen LogP contribution in [0.25, 0.3) is 0 Å². The van der Waals surface area contributed by atoms with Crippen molar-refractivity contribution in [1.82, 2.24) is 10.2 Å². The summed E-state index contributed by atoms with van der Waals surface area (Å²) in [6.07, 6.45) is 0.549. The van der Waals surface area contributed by atoms with Gasteiger partial charge in [-0.2, -0.15) is 0 Å². The zero-order chi connectivity index (χ0) is 15.3. The van der Waals surface area contributed by atoms with E-state index < -0.39 is 5.66 Å². The summed E-state index contributed by atoms with van der Waals surface area (Å²) in [6.45, 7) is 1.35. The second kappa shape index (κ2) is 4.80. The molecule has 1 unspecified atom stereocenters. The quantitative estimate of drug-likeness (QED) is 0.877. The smallest absolute Gasteiger partial charge is 0.255 e. The van der Waals surface area contributed by atoms with Gasteiger partial charge in [0.15, 0.2) is 0 Å². The van der Waals surface area contributed by atoms with E-state index >= 15 is 0 Å². The molecule has 2 aromatic carbocycles. The molecule has 112 valence electrons. The van der Waals surface area contributed by atoms with Crippen molar-refractivity contribution in [3.05, 3.63) is 70.0 Å². The Morgan fingerprint density at radius 3 is 2.73 bits per heavy atom. The molecule has 1 N–H and O–H groups in total. The molecular weight excluding hydrogens is 303 g/mol. The summed E-state index contributed by atoms with van der Waals surface area (Å²) in [7, 11) is 0. The van der Waals surface area contributed by atoms with Gasteiger partial charge in [-0.1, -0.05) is 23.7 Å². The van der Waals surface area contributed by atoms with Crippen LogP contribution >= 0.6 is 11.6 Å². The summed E-state index contributed by atoms with van der Waals surface area (Å²) in [4.78, 5) is 14.6. The Hall–Kier alpha value is -1.91. The highest BCUT2D eigenvalue weighted by Gasteiger charge is 2.48. The number of benzene rings is 2. The van der Waals surface area contributed by atoms with Crippen molar-refractivity contribution in [3.8, 4) is 0 Å². The molecule has 1 fully saturated rings. The van der Waals surface area contributed by atoms with Gasteiger partial charge < -0.3 is 4.90 Å². The Morgan fingerprint density at radius 2 is 1.95 bits per heavy atom. The minimum atomic E-state index is -0.609. The van der Waals surface area contributed by atoms with Crippen LogP contribution in [0.2, 0.25) is 5.02 Å². The van der Waals surface area contributed by atoms with E-state index in [0.717, 1.165) is 11.1 Å². The van der Waals surface area contributed by atoms with Gasteiger partial charge in [0.05, 0.1) is 0 Å². The number of nitrogens with zero attached hydrogens (tertiary/aromatic N) is 1. The number of carbonyl (C=O) groups excluding carboxylic acids is 1. The lowest BCUT2D eigenvalue weighted by Crippen LogP contribution is -2.55. The van der Waals surface area contributed by atoms with Crippen LogP contribution in [-0.2, 0) is 12.1 Å². The SMILES string of the molecule is O=C1c2ccc(F)cc2CC2(c3ccc(Cl)cc3)NCCN12. The number of hydrogen-bond acceptors (Lipinski definition) is 2. The van der Waals surface area contributed by atoms with Crippen molar-refractivity contribution in [2.45, 2.75) is 12.1 Å². The molecule has 1 atom stereocenters. The van der Waals surface area contributed by atoms with Crippen LogP contribution in [0, 0.1) is 5.82 Å². The first kappa shape index (κ1) is 13.7. The highest BCUT2D eigenvalue weighted by atomic mass is 35.5. The van der Waals surface area contributed by atoms with E-state index in [2.05, 4.69) is 5.32 Å². The van der Waals surface area contributed by atoms with Crippen LogP contribution < -0.4 is 5.32 Å². The Morgan fingerprint density at radius 1 is 1.18 bits per heavy atom. The molecule has 5 heteroatoms. The van der Waals surface area contributed by atoms with E-state index in [-0.39, 0.29) is 11.7 Å². The largest absolute Gasteiger partial charge is 0.315 e. The van der Waals surface area contributed by atoms with Crippen molar-refractivity contribution < 1.29 is 9.18 Å². The van der Waals surface area contributed by atoms with Crippen LogP contribution in [0.3, 0.4) is 0 Å². The third-order valence-electron chi connectivity index (χ3n) is 4.52. The summed E-state index contributed by atoms with van der Waals surface area (Å²) in [5, 5.41) is 4.09. The Kier molecular flexibility index (Phi) is 2.99. The Balaban J connectivity index is 1.88. The summed E-state index contributed by atoms with van der Waals surface area (Å²) >= 11 is 5.97. The molecule has 3 nitrogen and oxygen atoms in total. The molecule has 4 rings (SSSR count). The second-order valence-electron chi connectivity index (χ2n) is 5.73. The first-order valence-electron chi connectivity index (χ1n) is 7.22. The van der Waals surface area contributed by atoms with E-state index in [0.29, 0.717) is 30.1 Å². The number of carbonyl (C=O) groups is 1. The van der Waals surface area contributed by atoms with Crippen LogP contribution in [0.1, 0.15) is 21.5 Å². The fraction of sp³-hybridized carbons (Fsp3) is 0.235. The van der Waals surface area contributed by atoms with Gasteiger partial charge in [-0.25, -0.2) is 4.39 Å². The van der Waals surface area contributed by atoms with Gasteiger partial charge in [-0.15, -0.1) is 0 Å². The molecule has 0 radical (unpaired) electrons. The molecule has 0 saturated carbocycles. The maximum atomic E-state index is 13.6. The summed E-state index contributed by atoms with van der Waals surface area (Å²) in [6, 6.07) is 11.9. The molecule has 0 bridgehead atoms. The maximum Gasteiger partial charge on any atom is 0.255 e. The number of halogens is 2. The van der Waals surface area contributed by atoms with Gasteiger partial charge in [0, 0.05) is 30.1 Å². The van der Waals surface area contributed by atoms with Crippen LogP contribution in [0.4, 0.5) is 4.39 Å². The van der Waals surface area contributed by atoms with Crippen molar-refractivity contribution in [3.63, 3.8) is 0 Å². The van der Waals surface area contributed by atoms with Crippen LogP contribution in [-0.4, -0.2) is 23.9 Å². The second-order valence-corrected chi connectivity index (χ2v) is 6.17. The maximum absolute atomic E-state index is 13.6. The van der Waals surface area contributed by atoms with Crippen molar-refractivity contribution in [2.24, 2.45) is 0 Å². The summed E-state index contributed by atoms with van der Waals surface area (Å²) in [5.74, 6) is -0.370. The predicted molar refractivity (Wildman–Crippen MR) is 82.3 cm³/mol. The molecule has 0 spiro atoms. The Bertz CT molecular complexity index is 762. The summed E-state index contributed by atoms with van der Waals surface area (Å²) in [5.41, 5.74) is 1.69. The average Bonchev–Trinajstić information content (AvgIpc) is 2.93. The number of amides is 1. The molecule has 2 aliphatic rings. The zero-order valence-corrected chi connectivity index (χ0v) is 12.5. The molecule has 1 saturated heterocycles. The lowest BCUT2D eigenvalue weighted by molar-refractivity contribution is 0.0503. The lowest BCUT2D eigenvalue weighted by Gasteiger charge is -2.43. The summed E-state index contributed by atoms with van der Waals surface area (Å²) < 4.78 is 13.6. The van der Waals surface area contributed by atoms with Crippen LogP contribution in [0.15, 0.2) is 42.5 Å². The molecule has 1 amide bonds. The zero-order valence-electron chi connectivity index (χ0n) is 11.8. The molecule has 0 aromatic heterocycles. The van der Waals surface area contributed by atoms with Gasteiger partial charge in [0.25, 0.3) is 5.91 Å². The molecule has 2 aliphatic heterocycles. The topological polar surface area (TPSA) is 32.3 Å². The molecular formula is C17H14ClFN2O. The van der Waals surface area contributed by atoms with Gasteiger partial charge >= 0.3 is 0 Å². The minimum Gasteiger partial charge on any atom is -0.315 e. The number of nitrogens with one attached hydrogen (secondary N) is 1. The highest BCUT2D eigenvalue weighted by Crippen LogP contribution is 2.39. The van der Waals surface area contributed by atoms with Crippen molar-refractivity contribution in [1.29, 1.82) is 0 Å². The van der Waals surface area contributed by atoms with E-state index in [1.807, 2.05) is 29.2 Å². The number of hydrogen-bond donors (Lipinski definition) is 1. The standard InChI is InChI=1S/C17H14ClFN2O/c18-13-3-1-12(2-4-13)17-10-11-9-14(19)5-6-15(11)16(22)21(17)8-7-20-17/h1-6,9,20H,7-8,10H2. The van der Waals surface area contributed by atoms with Crippen LogP contribution in [0.5, 0.6) is 0 Å². The lowest BCUT2D eigenvalue weighted by atomic mass is 9.85. The Labute approximate surface area is 132 Å². The van der Waals surface area contributed by atoms with Crippen molar-refractivity contribution in [2.75, 3.05) is 13.1 Å². The van der Waals surface area contributed by atoms with E-state index in [1.165, 1.54) is 12.1 Å². The van der Waals surface area contributed by atoms with E-state index in [9.17, 15) is 9.18 Å². The minimum absolute atomic E-state index is 0.0544. The highest BCUT2D eigenvalue weighted by molar-refractivity contribution is 6.30. The van der Waals surface area contributed by atoms with Gasteiger partial charge in [-0.3, -0.25) is 10.1 Å². The predicted octanol–water partition coefficient (Wildman–Crippen LogP) is 2.93. The van der Waals surface area contributed by atoms with E-state index in [4.69, 9.17) is 11.6 Å². The number of fused-ring (bicyclic) bond motifs is 2. The molecule has 22 heavy (non-hydrogen) atoms. The normalized spacial score (nSPS) is 23.4. The van der Waals surface area contributed by atoms with Gasteiger partial charge in [0.2, 0.25) is 0 Å². The van der Waals surface area contributed by atoms with E-state index in [1.54, 1.807) is 6.07 Å². The third-order valence-corrected chi connectivity index (χ3v) is 4.78. The fourth-order valence-electron chi connectivity index (χ4n) is 3.52. The third kappa shape index (κ3) is 1.87. The van der Waals surface area contributed by atoms with Crippen molar-refractivity contribution >= 4 is 17.5 Å². The van der Waals surface area contributed by atoms with Gasteiger partial charge in [-0.05, 0) is 41.5 Å². The first-order chi connectivity index (χ1) is 10.6. The monoisotopic (exact) mass is 316 g/mol. The number of rotatable bonds is 1. The first-order valence-corrected chi connectivity index (χ1v) is 7.59. The average molecular weight is 317 g/mol. The molecule has 0 aliphatic carbocycles. The van der Waals surface area contributed by atoms with Gasteiger partial charge in [0.1, 0.15) is 11.5 Å². The molecule has 2 heterocycles.